The molecule has 0 amide bonds. The van der Waals surface area contributed by atoms with E-state index in [-0.39, 0.29) is 16.2 Å². The summed E-state index contributed by atoms with van der Waals surface area (Å²) in [4.78, 5) is 7.69. The zero-order chi connectivity index (χ0) is 34.5. The van der Waals surface area contributed by atoms with Crippen LogP contribution in [0, 0.1) is 0 Å². The number of methoxy groups -OCH3 is 1. The maximum absolute atomic E-state index is 5.91. The summed E-state index contributed by atoms with van der Waals surface area (Å²) in [7, 11) is 1.75. The molecule has 3 nitrogen and oxygen atoms in total. The van der Waals surface area contributed by atoms with Crippen molar-refractivity contribution in [3.63, 3.8) is 0 Å². The van der Waals surface area contributed by atoms with E-state index in [4.69, 9.17) is 4.74 Å². The van der Waals surface area contributed by atoms with Crippen LogP contribution in [0.3, 0.4) is 0 Å². The first-order valence-corrected chi connectivity index (χ1v) is 18.3. The van der Waals surface area contributed by atoms with E-state index in [1.165, 1.54) is 33.0 Å². The molecule has 0 bridgehead atoms. The van der Waals surface area contributed by atoms with Crippen molar-refractivity contribution < 1.29 is 4.74 Å². The lowest BCUT2D eigenvalue weighted by Crippen LogP contribution is -2.12. The first kappa shape index (κ1) is 33.0. The molecular weight excluding hydrogens is 720 g/mol. The predicted octanol–water partition coefficient (Wildman–Crippen LogP) is 13.7. The van der Waals surface area contributed by atoms with Crippen molar-refractivity contribution in [2.24, 2.45) is 0 Å². The first-order valence-electron chi connectivity index (χ1n) is 16.7. The van der Waals surface area contributed by atoms with E-state index in [1.54, 1.807) is 7.11 Å². The van der Waals surface area contributed by atoms with Crippen molar-refractivity contribution in [1.82, 2.24) is 9.97 Å². The molecule has 0 aliphatic heterocycles. The smallest absolute Gasteiger partial charge is 0.128 e. The van der Waals surface area contributed by atoms with Gasteiger partial charge in [0, 0.05) is 58.3 Å². The summed E-state index contributed by atoms with van der Waals surface area (Å²) >= 11 is 8.14. The van der Waals surface area contributed by atoms with Gasteiger partial charge in [-0.05, 0) is 93.6 Å². The van der Waals surface area contributed by atoms with Gasteiger partial charge >= 0.3 is 0 Å². The number of benzene rings is 5. The molecule has 0 unspecified atom stereocenters. The Kier molecular flexibility index (Phi) is 7.73. The summed E-state index contributed by atoms with van der Waals surface area (Å²) in [5.74, 6) is 0.872. The van der Waals surface area contributed by atoms with Gasteiger partial charge in [0.2, 0.25) is 0 Å². The molecule has 7 rings (SSSR count). The third kappa shape index (κ3) is 5.38. The van der Waals surface area contributed by atoms with E-state index in [1.807, 2.05) is 0 Å². The summed E-state index contributed by atoms with van der Waals surface area (Å²) in [6, 6.07) is 27.0. The minimum absolute atomic E-state index is 0.0501. The summed E-state index contributed by atoms with van der Waals surface area (Å²) < 4.78 is 8.00. The molecule has 0 spiro atoms. The topological polar surface area (TPSA) is 40.8 Å². The minimum Gasteiger partial charge on any atom is -0.496 e. The number of nitrogens with one attached hydrogen (secondary N) is 2. The van der Waals surface area contributed by atoms with Crippen LogP contribution in [-0.4, -0.2) is 17.1 Å². The quantitative estimate of drug-likeness (QED) is 0.185. The second-order valence-electron chi connectivity index (χ2n) is 16.3. The molecule has 2 aromatic heterocycles. The number of halogens is 2. The third-order valence-corrected chi connectivity index (χ3v) is 11.2. The van der Waals surface area contributed by atoms with Crippen LogP contribution in [0.5, 0.6) is 5.75 Å². The number of fused-ring (bicyclic) bond motifs is 6. The number of H-pyrrole nitrogens is 2. The molecule has 0 aliphatic rings. The zero-order valence-electron chi connectivity index (χ0n) is 29.6. The molecule has 2 N–H and O–H groups in total. The summed E-state index contributed by atoms with van der Waals surface area (Å²) in [5, 5.41) is 4.78. The van der Waals surface area contributed by atoms with E-state index in [0.717, 1.165) is 64.2 Å². The highest BCUT2D eigenvalue weighted by atomic mass is 79.9. The van der Waals surface area contributed by atoms with Crippen LogP contribution < -0.4 is 4.74 Å². The molecule has 5 aromatic carbocycles. The van der Waals surface area contributed by atoms with Gasteiger partial charge in [0.25, 0.3) is 0 Å². The van der Waals surface area contributed by atoms with Gasteiger partial charge in [-0.3, -0.25) is 0 Å². The van der Waals surface area contributed by atoms with Crippen molar-refractivity contribution in [3.8, 4) is 28.0 Å². The van der Waals surface area contributed by atoms with E-state index in [9.17, 15) is 0 Å². The second kappa shape index (κ2) is 11.2. The third-order valence-electron chi connectivity index (χ3n) is 9.86. The molecule has 0 aliphatic carbocycles. The van der Waals surface area contributed by atoms with E-state index >= 15 is 0 Å². The SMILES string of the molecule is COc1cccc2[nH]c3c(-c4c(Br)ccc(Br)c4-c4cc(C(C)(C)C)cc5c4[nH]c4ccc(C(C)(C)C)cc45)cc(C(C)(C)C)cc3c12. The standard InChI is InChI=1S/C43H44Br2N2O/c1-41(2,3)23-14-17-33-26(18-23)27-19-24(42(4,5)6)20-28(39(27)46-33)36-31(44)15-16-32(45)37(36)29-21-25(43(7,8)9)22-30-38-34(47-40(29)30)12-11-13-35(38)48-10/h11-22,46-47H,1-10H3. The fourth-order valence-corrected chi connectivity index (χ4v) is 8.09. The van der Waals surface area contributed by atoms with Gasteiger partial charge in [0.05, 0.1) is 23.7 Å². The van der Waals surface area contributed by atoms with Crippen LogP contribution >= 0.6 is 31.9 Å². The Balaban J connectivity index is 1.65. The first-order chi connectivity index (χ1) is 22.5. The van der Waals surface area contributed by atoms with Crippen molar-refractivity contribution >= 4 is 75.5 Å². The Bertz CT molecular complexity index is 2410. The van der Waals surface area contributed by atoms with Crippen molar-refractivity contribution in [2.75, 3.05) is 7.11 Å². The van der Waals surface area contributed by atoms with E-state index in [2.05, 4.69) is 177 Å². The Labute approximate surface area is 300 Å². The number of ether oxygens (including phenoxy) is 1. The van der Waals surface area contributed by atoms with Gasteiger partial charge in [0.1, 0.15) is 5.75 Å². The van der Waals surface area contributed by atoms with E-state index < -0.39 is 0 Å². The normalized spacial score (nSPS) is 13.0. The molecule has 7 aromatic rings. The van der Waals surface area contributed by atoms with Gasteiger partial charge in [-0.15, -0.1) is 0 Å². The largest absolute Gasteiger partial charge is 0.496 e. The molecule has 0 saturated carbocycles. The van der Waals surface area contributed by atoms with Crippen LogP contribution in [0.2, 0.25) is 0 Å². The highest BCUT2D eigenvalue weighted by molar-refractivity contribution is 9.11. The van der Waals surface area contributed by atoms with Gasteiger partial charge < -0.3 is 14.7 Å². The van der Waals surface area contributed by atoms with Gasteiger partial charge in [-0.1, -0.05) is 106 Å². The highest BCUT2D eigenvalue weighted by Crippen LogP contribution is 2.50. The average Bonchev–Trinajstić information content (AvgIpc) is 3.58. The zero-order valence-corrected chi connectivity index (χ0v) is 32.8. The molecule has 0 radical (unpaired) electrons. The average molecular weight is 765 g/mol. The van der Waals surface area contributed by atoms with Crippen LogP contribution in [-0.2, 0) is 16.2 Å². The molecule has 2 heterocycles. The summed E-state index contributed by atoms with van der Waals surface area (Å²) in [5.41, 5.74) is 12.9. The maximum Gasteiger partial charge on any atom is 0.128 e. The number of hydrogen-bond donors (Lipinski definition) is 2. The Hall–Kier alpha value is -3.54. The molecule has 5 heteroatoms. The maximum atomic E-state index is 5.91. The number of hydrogen-bond acceptors (Lipinski definition) is 1. The molecular formula is C43H44Br2N2O. The number of rotatable bonds is 3. The fourth-order valence-electron chi connectivity index (χ4n) is 7.00. The Morgan fingerprint density at radius 1 is 0.521 bits per heavy atom. The summed E-state index contributed by atoms with van der Waals surface area (Å²) in [6.07, 6.45) is 0. The Morgan fingerprint density at radius 2 is 1.02 bits per heavy atom. The molecule has 0 saturated heterocycles. The van der Waals surface area contributed by atoms with Gasteiger partial charge in [-0.25, -0.2) is 0 Å². The fraction of sp³-hybridized carbons (Fsp3) is 0.302. The van der Waals surface area contributed by atoms with Crippen molar-refractivity contribution in [3.05, 3.63) is 98.4 Å². The van der Waals surface area contributed by atoms with Crippen LogP contribution in [0.25, 0.3) is 65.9 Å². The highest BCUT2D eigenvalue weighted by Gasteiger charge is 2.27. The lowest BCUT2D eigenvalue weighted by molar-refractivity contribution is 0.420. The molecule has 0 fully saturated rings. The lowest BCUT2D eigenvalue weighted by atomic mass is 9.81. The van der Waals surface area contributed by atoms with E-state index in [0.29, 0.717) is 0 Å². The van der Waals surface area contributed by atoms with Gasteiger partial charge in [0.15, 0.2) is 0 Å². The monoisotopic (exact) mass is 762 g/mol. The number of aromatic nitrogens is 2. The molecule has 0 atom stereocenters. The van der Waals surface area contributed by atoms with Gasteiger partial charge in [-0.2, -0.15) is 0 Å². The summed E-state index contributed by atoms with van der Waals surface area (Å²) in [6.45, 7) is 20.6. The van der Waals surface area contributed by atoms with Crippen LogP contribution in [0.15, 0.2) is 81.7 Å². The predicted molar refractivity (Wildman–Crippen MR) is 214 cm³/mol. The van der Waals surface area contributed by atoms with Crippen LogP contribution in [0.1, 0.15) is 79.0 Å². The van der Waals surface area contributed by atoms with Crippen molar-refractivity contribution in [2.45, 2.75) is 78.6 Å². The van der Waals surface area contributed by atoms with Crippen LogP contribution in [0.4, 0.5) is 0 Å². The second-order valence-corrected chi connectivity index (χ2v) is 18.0. The molecule has 246 valence electrons. The van der Waals surface area contributed by atoms with Crippen molar-refractivity contribution in [1.29, 1.82) is 0 Å². The molecule has 48 heavy (non-hydrogen) atoms. The lowest BCUT2D eigenvalue weighted by Gasteiger charge is -2.24. The minimum atomic E-state index is -0.0748. The Morgan fingerprint density at radius 3 is 1.56 bits per heavy atom. The number of aromatic amines is 2.